The van der Waals surface area contributed by atoms with Crippen molar-refractivity contribution < 1.29 is 32.6 Å². The van der Waals surface area contributed by atoms with E-state index in [2.05, 4.69) is 5.32 Å². The molecule has 5 nitrogen and oxygen atoms in total. The van der Waals surface area contributed by atoms with E-state index < -0.39 is 46.9 Å². The summed E-state index contributed by atoms with van der Waals surface area (Å²) in [7, 11) is 0. The number of alkyl halides is 3. The molecule has 0 aromatic heterocycles. The van der Waals surface area contributed by atoms with Crippen LogP contribution in [0.5, 0.6) is 0 Å². The normalized spacial score (nSPS) is 32.9. The molecule has 4 bridgehead atoms. The number of aliphatic hydroxyl groups is 1. The van der Waals surface area contributed by atoms with Crippen LogP contribution in [0, 0.1) is 17.3 Å². The van der Waals surface area contributed by atoms with Crippen molar-refractivity contribution in [2.75, 3.05) is 11.9 Å². The van der Waals surface area contributed by atoms with Crippen LogP contribution in [0.15, 0.2) is 18.2 Å². The first-order chi connectivity index (χ1) is 13.5. The van der Waals surface area contributed by atoms with E-state index in [0.29, 0.717) is 32.1 Å². The van der Waals surface area contributed by atoms with Crippen LogP contribution in [0.4, 0.5) is 18.9 Å². The molecule has 4 aliphatic carbocycles. The van der Waals surface area contributed by atoms with E-state index >= 15 is 0 Å². The predicted molar refractivity (Wildman–Crippen MR) is 98.1 cm³/mol. The molecule has 4 fully saturated rings. The van der Waals surface area contributed by atoms with Crippen molar-refractivity contribution in [3.63, 3.8) is 0 Å². The molecule has 2 unspecified atom stereocenters. The molecular formula is C20H21ClF3NO4. The third-order valence-corrected chi connectivity index (χ3v) is 6.70. The third kappa shape index (κ3) is 3.84. The van der Waals surface area contributed by atoms with Gasteiger partial charge in [0.15, 0.2) is 6.61 Å². The lowest BCUT2D eigenvalue weighted by molar-refractivity contribution is -0.196. The SMILES string of the molecule is O=C(COC(=O)C12CC3CC(CC(O)(C3)C1)C2)Nc1c(Cl)cccc1C(F)(F)F. The topological polar surface area (TPSA) is 75.6 Å². The van der Waals surface area contributed by atoms with Crippen LogP contribution < -0.4 is 5.32 Å². The van der Waals surface area contributed by atoms with Crippen LogP contribution in [0.2, 0.25) is 5.02 Å². The molecule has 29 heavy (non-hydrogen) atoms. The van der Waals surface area contributed by atoms with E-state index in [1.165, 1.54) is 6.07 Å². The fourth-order valence-electron chi connectivity index (χ4n) is 5.80. The number of amides is 1. The molecule has 9 heteroatoms. The van der Waals surface area contributed by atoms with Crippen molar-refractivity contribution in [1.29, 1.82) is 0 Å². The van der Waals surface area contributed by atoms with E-state index in [0.717, 1.165) is 18.6 Å². The minimum Gasteiger partial charge on any atom is -0.455 e. The molecule has 1 aromatic rings. The molecule has 1 amide bonds. The number of hydrogen-bond donors (Lipinski definition) is 2. The van der Waals surface area contributed by atoms with E-state index in [9.17, 15) is 27.9 Å². The highest BCUT2D eigenvalue weighted by molar-refractivity contribution is 6.34. The maximum atomic E-state index is 13.1. The maximum absolute atomic E-state index is 13.1. The second kappa shape index (κ2) is 6.87. The average molecular weight is 432 g/mol. The van der Waals surface area contributed by atoms with Crippen molar-refractivity contribution in [3.8, 4) is 0 Å². The molecule has 4 saturated carbocycles. The second-order valence-electron chi connectivity index (χ2n) is 8.75. The highest BCUT2D eigenvalue weighted by atomic mass is 35.5. The van der Waals surface area contributed by atoms with Gasteiger partial charge in [0.2, 0.25) is 0 Å². The van der Waals surface area contributed by atoms with Gasteiger partial charge < -0.3 is 15.2 Å². The van der Waals surface area contributed by atoms with E-state index in [4.69, 9.17) is 16.3 Å². The van der Waals surface area contributed by atoms with Crippen LogP contribution in [0.1, 0.15) is 44.1 Å². The zero-order chi connectivity index (χ0) is 21.0. The predicted octanol–water partition coefficient (Wildman–Crippen LogP) is 4.17. The van der Waals surface area contributed by atoms with Gasteiger partial charge in [0.25, 0.3) is 5.91 Å². The van der Waals surface area contributed by atoms with Crippen molar-refractivity contribution in [2.24, 2.45) is 17.3 Å². The fourth-order valence-corrected chi connectivity index (χ4v) is 6.02. The van der Waals surface area contributed by atoms with Crippen LogP contribution in [-0.4, -0.2) is 29.2 Å². The van der Waals surface area contributed by atoms with Crippen molar-refractivity contribution in [3.05, 3.63) is 28.8 Å². The number of rotatable bonds is 4. The molecule has 2 atom stereocenters. The number of halogens is 4. The molecular weight excluding hydrogens is 411 g/mol. The quantitative estimate of drug-likeness (QED) is 0.701. The first-order valence-corrected chi connectivity index (χ1v) is 9.93. The van der Waals surface area contributed by atoms with Crippen LogP contribution >= 0.6 is 11.6 Å². The Morgan fingerprint density at radius 3 is 2.45 bits per heavy atom. The number of benzene rings is 1. The molecule has 158 valence electrons. The van der Waals surface area contributed by atoms with Gasteiger partial charge in [-0.3, -0.25) is 9.59 Å². The minimum atomic E-state index is -4.70. The first kappa shape index (κ1) is 20.5. The molecule has 0 aliphatic heterocycles. The summed E-state index contributed by atoms with van der Waals surface area (Å²) < 4.78 is 44.6. The molecule has 4 aliphatic rings. The summed E-state index contributed by atoms with van der Waals surface area (Å²) in [6, 6.07) is 3.18. The summed E-state index contributed by atoms with van der Waals surface area (Å²) in [5.41, 5.74) is -3.30. The Balaban J connectivity index is 1.42. The van der Waals surface area contributed by atoms with Gasteiger partial charge in [-0.1, -0.05) is 17.7 Å². The monoisotopic (exact) mass is 431 g/mol. The largest absolute Gasteiger partial charge is 0.455 e. The fraction of sp³-hybridized carbons (Fsp3) is 0.600. The Hall–Kier alpha value is -1.80. The second-order valence-corrected chi connectivity index (χ2v) is 9.16. The molecule has 0 heterocycles. The lowest BCUT2D eigenvalue weighted by Gasteiger charge is -2.58. The number of nitrogens with one attached hydrogen (secondary N) is 1. The van der Waals surface area contributed by atoms with Gasteiger partial charge in [-0.15, -0.1) is 0 Å². The molecule has 5 rings (SSSR count). The highest BCUT2D eigenvalue weighted by Crippen LogP contribution is 2.62. The van der Waals surface area contributed by atoms with E-state index in [-0.39, 0.29) is 16.9 Å². The molecule has 0 spiro atoms. The summed E-state index contributed by atoms with van der Waals surface area (Å²) in [6.45, 7) is -0.711. The van der Waals surface area contributed by atoms with E-state index in [1.807, 2.05) is 0 Å². The molecule has 2 N–H and O–H groups in total. The minimum absolute atomic E-state index is 0.261. The number of esters is 1. The van der Waals surface area contributed by atoms with Gasteiger partial charge >= 0.3 is 12.1 Å². The van der Waals surface area contributed by atoms with Gasteiger partial charge in [-0.25, -0.2) is 0 Å². The zero-order valence-corrected chi connectivity index (χ0v) is 16.3. The van der Waals surface area contributed by atoms with Crippen molar-refractivity contribution in [2.45, 2.75) is 50.3 Å². The first-order valence-electron chi connectivity index (χ1n) is 9.55. The Morgan fingerprint density at radius 1 is 1.21 bits per heavy atom. The number of para-hydroxylation sites is 1. The molecule has 0 saturated heterocycles. The highest BCUT2D eigenvalue weighted by Gasteiger charge is 2.60. The standard InChI is InChI=1S/C20H21ClF3NO4/c21-14-3-1-2-13(20(22,23)24)16(14)25-15(26)9-29-17(27)18-5-11-4-12(6-18)8-19(28,7-11)10-18/h1-3,11-12,28H,4-10H2,(H,25,26). The summed E-state index contributed by atoms with van der Waals surface area (Å²) in [5.74, 6) is -0.934. The Morgan fingerprint density at radius 2 is 1.86 bits per heavy atom. The molecule has 0 radical (unpaired) electrons. The Kier molecular flexibility index (Phi) is 4.85. The van der Waals surface area contributed by atoms with Gasteiger partial charge in [0.05, 0.1) is 27.3 Å². The summed E-state index contributed by atoms with van der Waals surface area (Å²) in [4.78, 5) is 24.9. The van der Waals surface area contributed by atoms with Gasteiger partial charge in [-0.2, -0.15) is 13.2 Å². The summed E-state index contributed by atoms with van der Waals surface area (Å²) in [6.07, 6.45) is -0.777. The number of carbonyl (C=O) groups is 2. The van der Waals surface area contributed by atoms with E-state index in [1.54, 1.807) is 0 Å². The van der Waals surface area contributed by atoms with Crippen molar-refractivity contribution in [1.82, 2.24) is 0 Å². The number of anilines is 1. The van der Waals surface area contributed by atoms with Gasteiger partial charge in [0.1, 0.15) is 0 Å². The van der Waals surface area contributed by atoms with Gasteiger partial charge in [0, 0.05) is 0 Å². The Bertz CT molecular complexity index is 843. The average Bonchev–Trinajstić information content (AvgIpc) is 2.58. The third-order valence-electron chi connectivity index (χ3n) is 6.38. The van der Waals surface area contributed by atoms with Crippen molar-refractivity contribution >= 4 is 29.2 Å². The Labute approximate surface area is 170 Å². The van der Waals surface area contributed by atoms with Crippen LogP contribution in [0.25, 0.3) is 0 Å². The van der Waals surface area contributed by atoms with Crippen LogP contribution in [-0.2, 0) is 20.5 Å². The van der Waals surface area contributed by atoms with Crippen LogP contribution in [0.3, 0.4) is 0 Å². The number of carbonyl (C=O) groups excluding carboxylic acids is 2. The number of hydrogen-bond acceptors (Lipinski definition) is 4. The summed E-state index contributed by atoms with van der Waals surface area (Å²) in [5, 5.41) is 12.6. The smallest absolute Gasteiger partial charge is 0.418 e. The summed E-state index contributed by atoms with van der Waals surface area (Å²) >= 11 is 5.82. The lowest BCUT2D eigenvalue weighted by atomic mass is 9.48. The zero-order valence-electron chi connectivity index (χ0n) is 15.5. The van der Waals surface area contributed by atoms with Gasteiger partial charge in [-0.05, 0) is 62.5 Å². The number of ether oxygens (including phenoxy) is 1. The molecule has 1 aromatic carbocycles. The maximum Gasteiger partial charge on any atom is 0.418 e. The lowest BCUT2D eigenvalue weighted by Crippen LogP contribution is -2.58.